The van der Waals surface area contributed by atoms with Gasteiger partial charge >= 0.3 is 0 Å². The SMILES string of the molecule is CCCCCCCCCCCCCC(=O)Nc1ccc(N2CCN(c3ccccc3OC)CC2)c(C(=O)NCCN2CCOCC2)c1. The molecule has 2 saturated heterocycles. The van der Waals surface area contributed by atoms with Crippen LogP contribution in [0.25, 0.3) is 0 Å². The number of unbranched alkanes of at least 4 members (excludes halogenated alkanes) is 10. The number of morpholine rings is 1. The van der Waals surface area contributed by atoms with Crippen LogP contribution in [0.15, 0.2) is 42.5 Å². The van der Waals surface area contributed by atoms with Crippen molar-refractivity contribution < 1.29 is 19.1 Å². The average molecular weight is 650 g/mol. The van der Waals surface area contributed by atoms with Gasteiger partial charge in [0, 0.05) is 70.2 Å². The highest BCUT2D eigenvalue weighted by molar-refractivity contribution is 6.02. The maximum atomic E-state index is 13.6. The van der Waals surface area contributed by atoms with Crippen LogP contribution in [0, 0.1) is 0 Å². The van der Waals surface area contributed by atoms with Crippen molar-refractivity contribution in [3.63, 3.8) is 0 Å². The molecule has 9 nitrogen and oxygen atoms in total. The zero-order valence-corrected chi connectivity index (χ0v) is 29.1. The molecule has 0 atom stereocenters. The lowest BCUT2D eigenvalue weighted by atomic mass is 10.1. The van der Waals surface area contributed by atoms with Crippen molar-refractivity contribution in [3.05, 3.63) is 48.0 Å². The van der Waals surface area contributed by atoms with Crippen molar-refractivity contribution in [3.8, 4) is 5.75 Å². The first-order chi connectivity index (χ1) is 23.1. The summed E-state index contributed by atoms with van der Waals surface area (Å²) in [6.45, 7) is 10.0. The molecule has 2 aromatic rings. The quantitative estimate of drug-likeness (QED) is 0.154. The summed E-state index contributed by atoms with van der Waals surface area (Å²) < 4.78 is 11.1. The van der Waals surface area contributed by atoms with Crippen LogP contribution in [0.1, 0.15) is 94.3 Å². The summed E-state index contributed by atoms with van der Waals surface area (Å²) in [5, 5.41) is 6.21. The molecule has 2 aliphatic heterocycles. The lowest BCUT2D eigenvalue weighted by Gasteiger charge is -2.38. The number of piperazine rings is 1. The third kappa shape index (κ3) is 12.3. The fourth-order valence-electron chi connectivity index (χ4n) is 6.57. The van der Waals surface area contributed by atoms with Gasteiger partial charge in [-0.3, -0.25) is 14.5 Å². The average Bonchev–Trinajstić information content (AvgIpc) is 3.11. The summed E-state index contributed by atoms with van der Waals surface area (Å²) in [7, 11) is 1.71. The number of carbonyl (C=O) groups is 2. The number of nitrogens with one attached hydrogen (secondary N) is 2. The zero-order chi connectivity index (χ0) is 33.1. The molecule has 0 spiro atoms. The number of ether oxygens (including phenoxy) is 2. The first-order valence-electron chi connectivity index (χ1n) is 18.2. The minimum atomic E-state index is -0.109. The second kappa shape index (κ2) is 20.8. The van der Waals surface area contributed by atoms with Crippen LogP contribution in [0.2, 0.25) is 0 Å². The molecule has 2 fully saturated rings. The molecular formula is C38H59N5O4. The van der Waals surface area contributed by atoms with E-state index in [1.54, 1.807) is 7.11 Å². The second-order valence-electron chi connectivity index (χ2n) is 12.9. The summed E-state index contributed by atoms with van der Waals surface area (Å²) in [5.41, 5.74) is 3.27. The number of methoxy groups -OCH3 is 1. The highest BCUT2D eigenvalue weighted by Gasteiger charge is 2.24. The van der Waals surface area contributed by atoms with Gasteiger partial charge in [-0.25, -0.2) is 0 Å². The van der Waals surface area contributed by atoms with Gasteiger partial charge in [0.25, 0.3) is 5.91 Å². The largest absolute Gasteiger partial charge is 0.495 e. The summed E-state index contributed by atoms with van der Waals surface area (Å²) in [5.74, 6) is 0.772. The van der Waals surface area contributed by atoms with Crippen molar-refractivity contribution >= 4 is 28.9 Å². The van der Waals surface area contributed by atoms with E-state index >= 15 is 0 Å². The summed E-state index contributed by atoms with van der Waals surface area (Å²) in [4.78, 5) is 33.4. The molecule has 2 aliphatic rings. The van der Waals surface area contributed by atoms with Gasteiger partial charge in [0.15, 0.2) is 0 Å². The number of benzene rings is 2. The Hall–Kier alpha value is -3.30. The van der Waals surface area contributed by atoms with Gasteiger partial charge in [-0.2, -0.15) is 0 Å². The van der Waals surface area contributed by atoms with E-state index in [4.69, 9.17) is 9.47 Å². The molecule has 0 aromatic heterocycles. The zero-order valence-electron chi connectivity index (χ0n) is 29.1. The predicted octanol–water partition coefficient (Wildman–Crippen LogP) is 6.72. The van der Waals surface area contributed by atoms with Gasteiger partial charge in [-0.05, 0) is 36.8 Å². The Bertz CT molecular complexity index is 1210. The van der Waals surface area contributed by atoms with Gasteiger partial charge in [-0.1, -0.05) is 83.3 Å². The van der Waals surface area contributed by atoms with Gasteiger partial charge in [0.2, 0.25) is 5.91 Å². The number of hydrogen-bond donors (Lipinski definition) is 2. The third-order valence-corrected chi connectivity index (χ3v) is 9.40. The van der Waals surface area contributed by atoms with Gasteiger partial charge in [0.1, 0.15) is 5.75 Å². The van der Waals surface area contributed by atoms with E-state index in [1.165, 1.54) is 57.8 Å². The number of rotatable bonds is 20. The Morgan fingerprint density at radius 2 is 1.38 bits per heavy atom. The molecule has 2 N–H and O–H groups in total. The molecule has 2 aromatic carbocycles. The first kappa shape index (κ1) is 36.5. The predicted molar refractivity (Wildman–Crippen MR) is 193 cm³/mol. The van der Waals surface area contributed by atoms with Crippen molar-refractivity contribution in [1.82, 2.24) is 10.2 Å². The van der Waals surface area contributed by atoms with E-state index in [9.17, 15) is 9.59 Å². The van der Waals surface area contributed by atoms with Crippen molar-refractivity contribution in [1.29, 1.82) is 0 Å². The van der Waals surface area contributed by atoms with Gasteiger partial charge < -0.3 is 29.9 Å². The highest BCUT2D eigenvalue weighted by Crippen LogP contribution is 2.31. The summed E-state index contributed by atoms with van der Waals surface area (Å²) in [6.07, 6.45) is 14.3. The van der Waals surface area contributed by atoms with E-state index in [-0.39, 0.29) is 11.8 Å². The van der Waals surface area contributed by atoms with Crippen LogP contribution < -0.4 is 25.2 Å². The van der Waals surface area contributed by atoms with E-state index in [0.29, 0.717) is 24.2 Å². The Kier molecular flexibility index (Phi) is 16.2. The van der Waals surface area contributed by atoms with E-state index in [1.807, 2.05) is 36.4 Å². The van der Waals surface area contributed by atoms with Gasteiger partial charge in [0.05, 0.1) is 31.6 Å². The minimum Gasteiger partial charge on any atom is -0.495 e. The smallest absolute Gasteiger partial charge is 0.253 e. The maximum absolute atomic E-state index is 13.6. The van der Waals surface area contributed by atoms with Gasteiger partial charge in [-0.15, -0.1) is 0 Å². The Morgan fingerprint density at radius 1 is 0.766 bits per heavy atom. The van der Waals surface area contributed by atoms with Crippen LogP contribution in [-0.4, -0.2) is 89.4 Å². The normalized spacial score (nSPS) is 15.4. The molecule has 0 radical (unpaired) electrons. The standard InChI is InChI=1S/C38H59N5O4/c1-3-4-5-6-7-8-9-10-11-12-13-18-37(44)40-32-19-20-34(33(31-32)38(45)39-21-22-41-27-29-47-30-28-41)42-23-25-43(26-24-42)35-16-14-15-17-36(35)46-2/h14-17,19-20,31H,3-13,18,21-30H2,1-2H3,(H,39,45)(H,40,44). The molecule has 47 heavy (non-hydrogen) atoms. The Labute approximate surface area is 283 Å². The highest BCUT2D eigenvalue weighted by atomic mass is 16.5. The van der Waals surface area contributed by atoms with E-state index < -0.39 is 0 Å². The molecule has 9 heteroatoms. The molecule has 260 valence electrons. The molecule has 0 unspecified atom stereocenters. The molecule has 0 bridgehead atoms. The number of nitrogens with zero attached hydrogens (tertiary/aromatic N) is 3. The summed E-state index contributed by atoms with van der Waals surface area (Å²) >= 11 is 0. The van der Waals surface area contributed by atoms with Crippen LogP contribution in [-0.2, 0) is 9.53 Å². The summed E-state index contributed by atoms with van der Waals surface area (Å²) in [6, 6.07) is 13.9. The minimum absolute atomic E-state index is 0.0118. The number of amides is 2. The maximum Gasteiger partial charge on any atom is 0.253 e. The molecule has 4 rings (SSSR count). The first-order valence-corrected chi connectivity index (χ1v) is 18.2. The fourth-order valence-corrected chi connectivity index (χ4v) is 6.57. The Morgan fingerprint density at radius 3 is 2.04 bits per heavy atom. The fraction of sp³-hybridized carbons (Fsp3) is 0.632. The second-order valence-corrected chi connectivity index (χ2v) is 12.9. The lowest BCUT2D eigenvalue weighted by molar-refractivity contribution is -0.116. The Balaban J connectivity index is 1.30. The monoisotopic (exact) mass is 649 g/mol. The number of carbonyl (C=O) groups excluding carboxylic acids is 2. The van der Waals surface area contributed by atoms with Crippen molar-refractivity contribution in [2.75, 3.05) is 87.8 Å². The van der Waals surface area contributed by atoms with Crippen molar-refractivity contribution in [2.45, 2.75) is 84.0 Å². The molecule has 0 saturated carbocycles. The number of hydrogen-bond acceptors (Lipinski definition) is 7. The van der Waals surface area contributed by atoms with Crippen molar-refractivity contribution in [2.24, 2.45) is 0 Å². The van der Waals surface area contributed by atoms with E-state index in [2.05, 4.69) is 38.3 Å². The van der Waals surface area contributed by atoms with Crippen LogP contribution in [0.5, 0.6) is 5.75 Å². The lowest BCUT2D eigenvalue weighted by Crippen LogP contribution is -2.47. The third-order valence-electron chi connectivity index (χ3n) is 9.40. The molecule has 2 amide bonds. The van der Waals surface area contributed by atoms with Crippen LogP contribution in [0.4, 0.5) is 17.1 Å². The molecular weight excluding hydrogens is 590 g/mol. The topological polar surface area (TPSA) is 86.4 Å². The molecule has 0 aliphatic carbocycles. The number of para-hydroxylation sites is 2. The van der Waals surface area contributed by atoms with E-state index in [0.717, 1.165) is 89.0 Å². The van der Waals surface area contributed by atoms with Crippen LogP contribution >= 0.6 is 0 Å². The van der Waals surface area contributed by atoms with Crippen LogP contribution in [0.3, 0.4) is 0 Å². The number of anilines is 3. The molecule has 2 heterocycles.